The number of hydrogen-bond acceptors (Lipinski definition) is 5. The molecule has 6 nitrogen and oxygen atoms in total. The van der Waals surface area contributed by atoms with E-state index in [1.165, 1.54) is 0 Å². The Kier molecular flexibility index (Phi) is 4.06. The van der Waals surface area contributed by atoms with Crippen LogP contribution in [0.2, 0.25) is 0 Å². The summed E-state index contributed by atoms with van der Waals surface area (Å²) in [5.41, 5.74) is 1.37. The molecule has 0 aliphatic carbocycles. The third kappa shape index (κ3) is 3.25. The summed E-state index contributed by atoms with van der Waals surface area (Å²) in [4.78, 5) is 39.0. The smallest absolute Gasteiger partial charge is 0.323 e. The fourth-order valence-electron chi connectivity index (χ4n) is 1.50. The Morgan fingerprint density at radius 1 is 1.26 bits per heavy atom. The number of H-pyrrole nitrogens is 2. The van der Waals surface area contributed by atoms with Gasteiger partial charge in [-0.25, -0.2) is 4.79 Å². The molecule has 1 heterocycles. The summed E-state index contributed by atoms with van der Waals surface area (Å²) in [5, 5.41) is 0. The van der Waals surface area contributed by atoms with Gasteiger partial charge in [0.05, 0.1) is 28.8 Å². The number of Topliss-reactive ketones (excluding diaryl/α,β-unsaturated/α-hetero) is 1. The quantitative estimate of drug-likeness (QED) is 0.641. The van der Waals surface area contributed by atoms with Crippen LogP contribution in [0.4, 0.5) is 0 Å². The first kappa shape index (κ1) is 13.4. The molecule has 0 fully saturated rings. The van der Waals surface area contributed by atoms with Gasteiger partial charge >= 0.3 is 11.7 Å². The van der Waals surface area contributed by atoms with E-state index in [9.17, 15) is 14.4 Å². The standard InChI is InChI=1S/C12H12N2O4S/c1-2-11(16)18-19-6-10(15)7-3-4-8-9(5-7)14-12(17)13-8/h3-5H,2,6H2,1H3,(H2,13,14,17). The van der Waals surface area contributed by atoms with Crippen LogP contribution in [0.1, 0.15) is 23.7 Å². The number of carbonyl (C=O) groups excluding carboxylic acids is 2. The second-order valence-electron chi connectivity index (χ2n) is 3.83. The minimum atomic E-state index is -0.358. The molecule has 1 aromatic carbocycles. The average molecular weight is 280 g/mol. The van der Waals surface area contributed by atoms with E-state index >= 15 is 0 Å². The fourth-order valence-corrected chi connectivity index (χ4v) is 2.08. The molecule has 0 bridgehead atoms. The van der Waals surface area contributed by atoms with E-state index in [1.54, 1.807) is 25.1 Å². The molecule has 0 radical (unpaired) electrons. The maximum Gasteiger partial charge on any atom is 0.323 e. The lowest BCUT2D eigenvalue weighted by Gasteiger charge is -2.01. The van der Waals surface area contributed by atoms with Gasteiger partial charge in [-0.3, -0.25) is 9.59 Å². The van der Waals surface area contributed by atoms with Gasteiger partial charge in [-0.2, -0.15) is 0 Å². The highest BCUT2D eigenvalue weighted by Gasteiger charge is 2.10. The Hall–Kier alpha value is -2.02. The molecule has 0 unspecified atom stereocenters. The lowest BCUT2D eigenvalue weighted by Crippen LogP contribution is -2.05. The van der Waals surface area contributed by atoms with Crippen molar-refractivity contribution in [2.75, 3.05) is 5.75 Å². The van der Waals surface area contributed by atoms with Crippen LogP contribution in [0.3, 0.4) is 0 Å². The second-order valence-corrected chi connectivity index (χ2v) is 4.52. The van der Waals surface area contributed by atoms with Gasteiger partial charge in [-0.05, 0) is 18.2 Å². The number of rotatable bonds is 5. The molecule has 0 spiro atoms. The fraction of sp³-hybridized carbons (Fsp3) is 0.250. The van der Waals surface area contributed by atoms with Crippen molar-refractivity contribution in [2.24, 2.45) is 0 Å². The normalized spacial score (nSPS) is 10.6. The van der Waals surface area contributed by atoms with Crippen LogP contribution in [-0.4, -0.2) is 27.5 Å². The number of carbonyl (C=O) groups is 2. The summed E-state index contributed by atoms with van der Waals surface area (Å²) < 4.78 is 4.77. The molecule has 19 heavy (non-hydrogen) atoms. The van der Waals surface area contributed by atoms with Gasteiger partial charge in [0.2, 0.25) is 0 Å². The lowest BCUT2D eigenvalue weighted by molar-refractivity contribution is -0.132. The molecule has 2 aromatic rings. The Morgan fingerprint density at radius 3 is 2.74 bits per heavy atom. The molecule has 2 N–H and O–H groups in total. The summed E-state index contributed by atoms with van der Waals surface area (Å²) in [5.74, 6) is -0.479. The van der Waals surface area contributed by atoms with Crippen LogP contribution in [0.15, 0.2) is 23.0 Å². The van der Waals surface area contributed by atoms with E-state index < -0.39 is 0 Å². The van der Waals surface area contributed by atoms with Crippen LogP contribution in [0.25, 0.3) is 11.0 Å². The first-order chi connectivity index (χ1) is 9.10. The average Bonchev–Trinajstić information content (AvgIpc) is 2.77. The number of fused-ring (bicyclic) bond motifs is 1. The van der Waals surface area contributed by atoms with Crippen LogP contribution in [0, 0.1) is 0 Å². The molecule has 0 amide bonds. The second kappa shape index (κ2) is 5.75. The predicted octanol–water partition coefficient (Wildman–Crippen LogP) is 1.64. The van der Waals surface area contributed by atoms with Crippen molar-refractivity contribution in [3.05, 3.63) is 34.2 Å². The van der Waals surface area contributed by atoms with Crippen LogP contribution in [-0.2, 0) is 8.98 Å². The number of nitrogens with one attached hydrogen (secondary N) is 2. The molecule has 0 saturated heterocycles. The highest BCUT2D eigenvalue weighted by Crippen LogP contribution is 2.14. The van der Waals surface area contributed by atoms with Gasteiger partial charge < -0.3 is 14.2 Å². The van der Waals surface area contributed by atoms with Crippen molar-refractivity contribution in [1.29, 1.82) is 0 Å². The Bertz CT molecular complexity index is 674. The molecular formula is C12H12N2O4S. The SMILES string of the molecule is CCC(=O)OSCC(=O)c1ccc2[nH]c(=O)[nH]c2c1. The largest absolute Gasteiger partial charge is 0.391 e. The number of imidazole rings is 1. The molecule has 7 heteroatoms. The summed E-state index contributed by atoms with van der Waals surface area (Å²) >= 11 is 0.821. The zero-order valence-electron chi connectivity index (χ0n) is 10.2. The van der Waals surface area contributed by atoms with Crippen LogP contribution in [0.5, 0.6) is 0 Å². The predicted molar refractivity (Wildman–Crippen MR) is 72.1 cm³/mol. The molecule has 0 aliphatic rings. The van der Waals surface area contributed by atoms with E-state index in [-0.39, 0.29) is 29.6 Å². The van der Waals surface area contributed by atoms with Crippen molar-refractivity contribution in [3.63, 3.8) is 0 Å². The molecule has 0 aliphatic heterocycles. The number of aromatic amines is 2. The van der Waals surface area contributed by atoms with E-state index in [0.717, 1.165) is 12.0 Å². The molecule has 0 saturated carbocycles. The molecule has 100 valence electrons. The number of hydrogen-bond donors (Lipinski definition) is 2. The maximum absolute atomic E-state index is 11.9. The highest BCUT2D eigenvalue weighted by molar-refractivity contribution is 7.95. The minimum Gasteiger partial charge on any atom is -0.391 e. The molecule has 1 aromatic heterocycles. The Morgan fingerprint density at radius 2 is 2.00 bits per heavy atom. The summed E-state index contributed by atoms with van der Waals surface area (Å²) in [7, 11) is 0. The molecule has 2 rings (SSSR count). The summed E-state index contributed by atoms with van der Waals surface area (Å²) in [6.07, 6.45) is 0.276. The number of benzene rings is 1. The van der Waals surface area contributed by atoms with Crippen molar-refractivity contribution in [2.45, 2.75) is 13.3 Å². The first-order valence-electron chi connectivity index (χ1n) is 5.67. The summed E-state index contributed by atoms with van der Waals surface area (Å²) in [6.45, 7) is 1.68. The van der Waals surface area contributed by atoms with Crippen molar-refractivity contribution in [1.82, 2.24) is 9.97 Å². The lowest BCUT2D eigenvalue weighted by atomic mass is 10.1. The highest BCUT2D eigenvalue weighted by atomic mass is 32.2. The zero-order valence-corrected chi connectivity index (χ0v) is 11.0. The van der Waals surface area contributed by atoms with E-state index in [1.807, 2.05) is 0 Å². The minimum absolute atomic E-state index is 0.0475. The zero-order chi connectivity index (χ0) is 13.8. The maximum atomic E-state index is 11.9. The van der Waals surface area contributed by atoms with E-state index in [0.29, 0.717) is 16.6 Å². The third-order valence-electron chi connectivity index (χ3n) is 2.47. The van der Waals surface area contributed by atoms with Crippen LogP contribution < -0.4 is 5.69 Å². The van der Waals surface area contributed by atoms with Gasteiger partial charge in [0.15, 0.2) is 5.78 Å². The van der Waals surface area contributed by atoms with E-state index in [2.05, 4.69) is 9.97 Å². The Labute approximate surface area is 112 Å². The summed E-state index contributed by atoms with van der Waals surface area (Å²) in [6, 6.07) is 4.87. The first-order valence-corrected chi connectivity index (χ1v) is 6.58. The van der Waals surface area contributed by atoms with Gasteiger partial charge in [0, 0.05) is 12.0 Å². The van der Waals surface area contributed by atoms with Crippen molar-refractivity contribution >= 4 is 34.8 Å². The van der Waals surface area contributed by atoms with Gasteiger partial charge in [0.25, 0.3) is 0 Å². The Balaban J connectivity index is 2.04. The third-order valence-corrected chi connectivity index (χ3v) is 3.15. The molecule has 0 atom stereocenters. The topological polar surface area (TPSA) is 92.0 Å². The van der Waals surface area contributed by atoms with Gasteiger partial charge in [-0.15, -0.1) is 0 Å². The number of ketones is 1. The monoisotopic (exact) mass is 280 g/mol. The molecular weight excluding hydrogens is 268 g/mol. The van der Waals surface area contributed by atoms with E-state index in [4.69, 9.17) is 4.18 Å². The number of aromatic nitrogens is 2. The van der Waals surface area contributed by atoms with Crippen molar-refractivity contribution in [3.8, 4) is 0 Å². The van der Waals surface area contributed by atoms with Gasteiger partial charge in [-0.1, -0.05) is 6.92 Å². The van der Waals surface area contributed by atoms with Crippen LogP contribution >= 0.6 is 12.0 Å². The van der Waals surface area contributed by atoms with Crippen molar-refractivity contribution < 1.29 is 13.8 Å². The van der Waals surface area contributed by atoms with Gasteiger partial charge in [0.1, 0.15) is 0 Å².